The maximum atomic E-state index is 9.79. The van der Waals surface area contributed by atoms with Gasteiger partial charge in [-0.3, -0.25) is 9.59 Å². The SMILES string of the molecule is CC(N)=O.O=C1CCN1. The first kappa shape index (κ1) is 7.94. The van der Waals surface area contributed by atoms with E-state index in [1.807, 2.05) is 0 Å². The molecule has 0 aromatic heterocycles. The molecule has 0 atom stereocenters. The van der Waals surface area contributed by atoms with Crippen LogP contribution in [0.15, 0.2) is 0 Å². The van der Waals surface area contributed by atoms with Crippen LogP contribution in [0.4, 0.5) is 0 Å². The number of primary amides is 1. The van der Waals surface area contributed by atoms with Gasteiger partial charge in [0.2, 0.25) is 11.8 Å². The van der Waals surface area contributed by atoms with Gasteiger partial charge in [-0.05, 0) is 0 Å². The quantitative estimate of drug-likeness (QED) is 0.413. The predicted molar refractivity (Wildman–Crippen MR) is 32.5 cm³/mol. The first-order valence-corrected chi connectivity index (χ1v) is 2.65. The summed E-state index contributed by atoms with van der Waals surface area (Å²) in [6.07, 6.45) is 0.736. The second-order valence-corrected chi connectivity index (χ2v) is 1.71. The van der Waals surface area contributed by atoms with Crippen LogP contribution in [0, 0.1) is 0 Å². The standard InChI is InChI=1S/C3H5NO.C2H5NO/c5-3-1-2-4-3;1-2(3)4/h1-2H2,(H,4,5);1H3,(H2,3,4). The topological polar surface area (TPSA) is 72.2 Å². The lowest BCUT2D eigenvalue weighted by Crippen LogP contribution is -2.37. The number of amides is 2. The minimum absolute atomic E-state index is 0.185. The van der Waals surface area contributed by atoms with Crippen molar-refractivity contribution in [3.63, 3.8) is 0 Å². The van der Waals surface area contributed by atoms with E-state index in [9.17, 15) is 9.59 Å². The Hall–Kier alpha value is -1.06. The van der Waals surface area contributed by atoms with E-state index in [2.05, 4.69) is 11.1 Å². The molecular weight excluding hydrogens is 120 g/mol. The molecule has 1 heterocycles. The lowest BCUT2D eigenvalue weighted by atomic mass is 10.3. The summed E-state index contributed by atoms with van der Waals surface area (Å²) in [4.78, 5) is 19.0. The Labute approximate surface area is 53.4 Å². The highest BCUT2D eigenvalue weighted by atomic mass is 16.2. The molecule has 0 saturated carbocycles. The van der Waals surface area contributed by atoms with Crippen LogP contribution in [0.25, 0.3) is 0 Å². The van der Waals surface area contributed by atoms with Crippen LogP contribution in [-0.2, 0) is 9.59 Å². The minimum Gasteiger partial charge on any atom is -0.370 e. The zero-order valence-corrected chi connectivity index (χ0v) is 5.31. The third kappa shape index (κ3) is 6.94. The number of hydrogen-bond acceptors (Lipinski definition) is 2. The van der Waals surface area contributed by atoms with E-state index in [0.717, 1.165) is 13.0 Å². The van der Waals surface area contributed by atoms with Crippen LogP contribution in [0.3, 0.4) is 0 Å². The number of carbonyl (C=O) groups excluding carboxylic acids is 2. The summed E-state index contributed by atoms with van der Waals surface area (Å²) in [6.45, 7) is 2.19. The van der Waals surface area contributed by atoms with Crippen LogP contribution in [0.5, 0.6) is 0 Å². The summed E-state index contributed by atoms with van der Waals surface area (Å²) in [6, 6.07) is 0. The van der Waals surface area contributed by atoms with E-state index >= 15 is 0 Å². The summed E-state index contributed by atoms with van der Waals surface area (Å²) < 4.78 is 0. The van der Waals surface area contributed by atoms with Crippen LogP contribution >= 0.6 is 0 Å². The van der Waals surface area contributed by atoms with Crippen LogP contribution in [0.1, 0.15) is 13.3 Å². The van der Waals surface area contributed by atoms with E-state index in [1.54, 1.807) is 0 Å². The van der Waals surface area contributed by atoms with E-state index < -0.39 is 0 Å². The molecule has 9 heavy (non-hydrogen) atoms. The van der Waals surface area contributed by atoms with Crippen LogP contribution in [0.2, 0.25) is 0 Å². The summed E-state index contributed by atoms with van der Waals surface area (Å²) in [5, 5.41) is 2.57. The first-order valence-electron chi connectivity index (χ1n) is 2.65. The average Bonchev–Trinajstić information content (AvgIpc) is 1.59. The molecule has 1 saturated heterocycles. The maximum Gasteiger partial charge on any atom is 0.221 e. The maximum absolute atomic E-state index is 9.79. The van der Waals surface area contributed by atoms with Crippen molar-refractivity contribution in [2.45, 2.75) is 13.3 Å². The van der Waals surface area contributed by atoms with E-state index in [-0.39, 0.29) is 11.8 Å². The van der Waals surface area contributed by atoms with Crippen molar-refractivity contribution < 1.29 is 9.59 Å². The van der Waals surface area contributed by atoms with Crippen molar-refractivity contribution in [2.24, 2.45) is 5.73 Å². The van der Waals surface area contributed by atoms with Gasteiger partial charge in [0.1, 0.15) is 0 Å². The van der Waals surface area contributed by atoms with Crippen molar-refractivity contribution >= 4 is 11.8 Å². The van der Waals surface area contributed by atoms with Crippen molar-refractivity contribution in [3.8, 4) is 0 Å². The van der Waals surface area contributed by atoms with Gasteiger partial charge < -0.3 is 11.1 Å². The van der Waals surface area contributed by atoms with Gasteiger partial charge in [-0.1, -0.05) is 0 Å². The third-order valence-electron chi connectivity index (χ3n) is 0.674. The van der Waals surface area contributed by atoms with Gasteiger partial charge in [-0.15, -0.1) is 0 Å². The van der Waals surface area contributed by atoms with Crippen LogP contribution < -0.4 is 11.1 Å². The molecule has 1 fully saturated rings. The molecule has 52 valence electrons. The van der Waals surface area contributed by atoms with Crippen molar-refractivity contribution in [3.05, 3.63) is 0 Å². The lowest BCUT2D eigenvalue weighted by molar-refractivity contribution is -0.125. The fourth-order valence-electron chi connectivity index (χ4n) is 0.227. The molecule has 1 aliphatic heterocycles. The van der Waals surface area contributed by atoms with E-state index in [0.29, 0.717) is 0 Å². The molecule has 0 aromatic carbocycles. The smallest absolute Gasteiger partial charge is 0.221 e. The Kier molecular flexibility index (Phi) is 3.43. The van der Waals surface area contributed by atoms with Gasteiger partial charge >= 0.3 is 0 Å². The Balaban J connectivity index is 0.000000148. The molecule has 0 aliphatic carbocycles. The average molecular weight is 130 g/mol. The number of nitrogens with two attached hydrogens (primary N) is 1. The Morgan fingerprint density at radius 3 is 2.00 bits per heavy atom. The number of β-lactam (4-membered cyclic amide) rings is 1. The Bertz CT molecular complexity index is 112. The molecular formula is C5H10N2O2. The van der Waals surface area contributed by atoms with Gasteiger partial charge in [-0.25, -0.2) is 0 Å². The molecule has 0 spiro atoms. The zero-order valence-electron chi connectivity index (χ0n) is 5.31. The summed E-state index contributed by atoms with van der Waals surface area (Å²) in [7, 11) is 0. The highest BCUT2D eigenvalue weighted by Crippen LogP contribution is 1.85. The monoisotopic (exact) mass is 130 g/mol. The van der Waals surface area contributed by atoms with Gasteiger partial charge in [0.05, 0.1) is 0 Å². The summed E-state index contributed by atoms with van der Waals surface area (Å²) in [5.41, 5.74) is 4.47. The highest BCUT2D eigenvalue weighted by molar-refractivity contribution is 5.81. The number of hydrogen-bond donors (Lipinski definition) is 2. The number of nitrogens with one attached hydrogen (secondary N) is 1. The lowest BCUT2D eigenvalue weighted by Gasteiger charge is -2.10. The molecule has 4 heteroatoms. The van der Waals surface area contributed by atoms with Gasteiger partial charge in [0.15, 0.2) is 0 Å². The molecule has 0 radical (unpaired) electrons. The molecule has 4 nitrogen and oxygen atoms in total. The van der Waals surface area contributed by atoms with E-state index in [1.165, 1.54) is 6.92 Å². The second-order valence-electron chi connectivity index (χ2n) is 1.71. The minimum atomic E-state index is -0.333. The largest absolute Gasteiger partial charge is 0.370 e. The highest BCUT2D eigenvalue weighted by Gasteiger charge is 2.07. The van der Waals surface area contributed by atoms with Crippen molar-refractivity contribution in [2.75, 3.05) is 6.54 Å². The number of carbonyl (C=O) groups is 2. The van der Waals surface area contributed by atoms with Crippen molar-refractivity contribution in [1.29, 1.82) is 0 Å². The molecule has 0 unspecified atom stereocenters. The number of rotatable bonds is 0. The molecule has 0 bridgehead atoms. The fourth-order valence-corrected chi connectivity index (χ4v) is 0.227. The predicted octanol–water partition coefficient (Wildman–Crippen LogP) is -1.00. The summed E-state index contributed by atoms with van der Waals surface area (Å²) >= 11 is 0. The molecule has 2 amide bonds. The van der Waals surface area contributed by atoms with Gasteiger partial charge in [0, 0.05) is 19.9 Å². The Morgan fingerprint density at radius 1 is 1.78 bits per heavy atom. The second kappa shape index (κ2) is 3.88. The molecule has 0 aromatic rings. The van der Waals surface area contributed by atoms with Crippen LogP contribution in [-0.4, -0.2) is 18.4 Å². The zero-order chi connectivity index (χ0) is 7.28. The molecule has 1 rings (SSSR count). The fraction of sp³-hybridized carbons (Fsp3) is 0.600. The van der Waals surface area contributed by atoms with Gasteiger partial charge in [-0.2, -0.15) is 0 Å². The summed E-state index contributed by atoms with van der Waals surface area (Å²) in [5.74, 6) is -0.148. The molecule has 1 aliphatic rings. The Morgan fingerprint density at radius 2 is 2.00 bits per heavy atom. The molecule has 3 N–H and O–H groups in total. The third-order valence-corrected chi connectivity index (χ3v) is 0.674. The van der Waals surface area contributed by atoms with E-state index in [4.69, 9.17) is 0 Å². The van der Waals surface area contributed by atoms with Crippen molar-refractivity contribution in [1.82, 2.24) is 5.32 Å². The van der Waals surface area contributed by atoms with Gasteiger partial charge in [0.25, 0.3) is 0 Å². The normalized spacial score (nSPS) is 14.1. The first-order chi connectivity index (χ1) is 4.13.